The van der Waals surface area contributed by atoms with E-state index in [1.54, 1.807) is 4.90 Å². The second kappa shape index (κ2) is 9.70. The Morgan fingerprint density at radius 2 is 1.95 bits per heavy atom. The second-order valence-electron chi connectivity index (χ2n) is 5.58. The standard InChI is InChI=1S/C17H28N2O2.ClH/c1-5-17(6-2,13-18)16(20)19(4)10-11-21-15-9-7-8-14(3)12-15;/h7-9,12H,5-6,10-11,13,18H2,1-4H3;1H. The Kier molecular flexibility index (Phi) is 9.14. The van der Waals surface area contributed by atoms with Gasteiger partial charge in [-0.05, 0) is 37.5 Å². The number of hydrogen-bond donors (Lipinski definition) is 1. The number of carbonyl (C=O) groups excluding carboxylic acids is 1. The monoisotopic (exact) mass is 328 g/mol. The molecule has 0 fully saturated rings. The summed E-state index contributed by atoms with van der Waals surface area (Å²) in [5.41, 5.74) is 6.56. The van der Waals surface area contributed by atoms with Gasteiger partial charge >= 0.3 is 0 Å². The number of aryl methyl sites for hydroxylation is 1. The highest BCUT2D eigenvalue weighted by Gasteiger charge is 2.35. The zero-order valence-electron chi connectivity index (χ0n) is 14.1. The Balaban J connectivity index is 0.00000441. The number of amides is 1. The molecule has 1 amide bonds. The van der Waals surface area contributed by atoms with E-state index < -0.39 is 5.41 Å². The molecule has 0 aliphatic carbocycles. The lowest BCUT2D eigenvalue weighted by molar-refractivity contribution is -0.141. The summed E-state index contributed by atoms with van der Waals surface area (Å²) in [5, 5.41) is 0. The number of nitrogens with zero attached hydrogens (tertiary/aromatic N) is 1. The van der Waals surface area contributed by atoms with Gasteiger partial charge in [0.1, 0.15) is 12.4 Å². The van der Waals surface area contributed by atoms with Crippen LogP contribution in [-0.2, 0) is 4.79 Å². The molecule has 0 spiro atoms. The molecule has 1 aromatic carbocycles. The smallest absolute Gasteiger partial charge is 0.229 e. The minimum atomic E-state index is -0.432. The Labute approximate surface area is 140 Å². The summed E-state index contributed by atoms with van der Waals surface area (Å²) in [6, 6.07) is 7.91. The van der Waals surface area contributed by atoms with Gasteiger partial charge in [0.2, 0.25) is 5.91 Å². The first-order chi connectivity index (χ1) is 9.99. The second-order valence-corrected chi connectivity index (χ2v) is 5.58. The molecule has 2 N–H and O–H groups in total. The largest absolute Gasteiger partial charge is 0.492 e. The van der Waals surface area contributed by atoms with Crippen molar-refractivity contribution in [2.24, 2.45) is 11.1 Å². The maximum absolute atomic E-state index is 12.5. The fourth-order valence-electron chi connectivity index (χ4n) is 2.44. The first-order valence-electron chi connectivity index (χ1n) is 7.64. The minimum absolute atomic E-state index is 0. The van der Waals surface area contributed by atoms with Crippen LogP contribution in [0.4, 0.5) is 0 Å². The Hall–Kier alpha value is -1.26. The Bertz CT molecular complexity index is 453. The van der Waals surface area contributed by atoms with Crippen LogP contribution in [0, 0.1) is 12.3 Å². The van der Waals surface area contributed by atoms with Crippen molar-refractivity contribution in [2.75, 3.05) is 26.7 Å². The number of carbonyl (C=O) groups is 1. The zero-order valence-corrected chi connectivity index (χ0v) is 14.9. The molecular formula is C17H29ClN2O2. The third-order valence-corrected chi connectivity index (χ3v) is 4.23. The van der Waals surface area contributed by atoms with Crippen LogP contribution in [0.1, 0.15) is 32.3 Å². The number of likely N-dealkylation sites (N-methyl/N-ethyl adjacent to an activating group) is 1. The van der Waals surface area contributed by atoms with E-state index in [0.29, 0.717) is 19.7 Å². The Morgan fingerprint density at radius 3 is 2.45 bits per heavy atom. The van der Waals surface area contributed by atoms with Crippen LogP contribution in [-0.4, -0.2) is 37.6 Å². The normalized spacial score (nSPS) is 10.8. The molecule has 0 saturated heterocycles. The van der Waals surface area contributed by atoms with Gasteiger partial charge in [-0.2, -0.15) is 0 Å². The molecule has 0 saturated carbocycles. The minimum Gasteiger partial charge on any atom is -0.492 e. The molecule has 0 atom stereocenters. The van der Waals surface area contributed by atoms with E-state index in [4.69, 9.17) is 10.5 Å². The number of halogens is 1. The van der Waals surface area contributed by atoms with Gasteiger partial charge in [-0.15, -0.1) is 12.4 Å². The SMILES string of the molecule is CCC(CC)(CN)C(=O)N(C)CCOc1cccc(C)c1.Cl. The molecule has 0 unspecified atom stereocenters. The van der Waals surface area contributed by atoms with E-state index in [1.165, 1.54) is 0 Å². The van der Waals surface area contributed by atoms with Crippen LogP contribution in [0.25, 0.3) is 0 Å². The molecule has 4 nitrogen and oxygen atoms in total. The third kappa shape index (κ3) is 5.18. The fraction of sp³-hybridized carbons (Fsp3) is 0.588. The average molecular weight is 329 g/mol. The molecular weight excluding hydrogens is 300 g/mol. The Morgan fingerprint density at radius 1 is 1.32 bits per heavy atom. The molecule has 126 valence electrons. The topological polar surface area (TPSA) is 55.6 Å². The van der Waals surface area contributed by atoms with Gasteiger partial charge in [0, 0.05) is 13.6 Å². The van der Waals surface area contributed by atoms with Gasteiger partial charge in [0.15, 0.2) is 0 Å². The van der Waals surface area contributed by atoms with Crippen molar-refractivity contribution >= 4 is 18.3 Å². The zero-order chi connectivity index (χ0) is 15.9. The van der Waals surface area contributed by atoms with E-state index in [2.05, 4.69) is 0 Å². The van der Waals surface area contributed by atoms with Gasteiger partial charge < -0.3 is 15.4 Å². The van der Waals surface area contributed by atoms with Crippen molar-refractivity contribution < 1.29 is 9.53 Å². The predicted octanol–water partition coefficient (Wildman–Crippen LogP) is 3.02. The highest BCUT2D eigenvalue weighted by molar-refractivity contribution is 5.85. The molecule has 22 heavy (non-hydrogen) atoms. The molecule has 0 bridgehead atoms. The molecule has 5 heteroatoms. The highest BCUT2D eigenvalue weighted by atomic mass is 35.5. The lowest BCUT2D eigenvalue weighted by atomic mass is 9.81. The number of ether oxygens (including phenoxy) is 1. The summed E-state index contributed by atoms with van der Waals surface area (Å²) in [6.07, 6.45) is 1.53. The molecule has 0 aliphatic heterocycles. The van der Waals surface area contributed by atoms with Gasteiger partial charge in [0.25, 0.3) is 0 Å². The summed E-state index contributed by atoms with van der Waals surface area (Å²) < 4.78 is 5.70. The van der Waals surface area contributed by atoms with Crippen molar-refractivity contribution in [2.45, 2.75) is 33.6 Å². The van der Waals surface area contributed by atoms with Crippen LogP contribution >= 0.6 is 12.4 Å². The quantitative estimate of drug-likeness (QED) is 0.798. The van der Waals surface area contributed by atoms with Crippen LogP contribution in [0.3, 0.4) is 0 Å². The average Bonchev–Trinajstić information content (AvgIpc) is 2.49. The van der Waals surface area contributed by atoms with Crippen LogP contribution in [0.2, 0.25) is 0 Å². The fourth-order valence-corrected chi connectivity index (χ4v) is 2.44. The van der Waals surface area contributed by atoms with Crippen molar-refractivity contribution in [3.8, 4) is 5.75 Å². The van der Waals surface area contributed by atoms with E-state index in [0.717, 1.165) is 24.2 Å². The summed E-state index contributed by atoms with van der Waals surface area (Å²) in [6.45, 7) is 7.51. The summed E-state index contributed by atoms with van der Waals surface area (Å²) in [7, 11) is 1.82. The molecule has 0 aliphatic rings. The van der Waals surface area contributed by atoms with Gasteiger partial charge in [-0.25, -0.2) is 0 Å². The lowest BCUT2D eigenvalue weighted by Gasteiger charge is -2.33. The number of hydrogen-bond acceptors (Lipinski definition) is 3. The van der Waals surface area contributed by atoms with Crippen molar-refractivity contribution in [3.05, 3.63) is 29.8 Å². The van der Waals surface area contributed by atoms with Crippen molar-refractivity contribution in [1.82, 2.24) is 4.90 Å². The lowest BCUT2D eigenvalue weighted by Crippen LogP contribution is -2.47. The first kappa shape index (κ1) is 20.7. The maximum atomic E-state index is 12.5. The summed E-state index contributed by atoms with van der Waals surface area (Å²) in [4.78, 5) is 14.3. The van der Waals surface area contributed by atoms with Gasteiger partial charge in [-0.1, -0.05) is 26.0 Å². The van der Waals surface area contributed by atoms with E-state index in [-0.39, 0.29) is 18.3 Å². The molecule has 1 rings (SSSR count). The highest BCUT2D eigenvalue weighted by Crippen LogP contribution is 2.27. The first-order valence-corrected chi connectivity index (χ1v) is 7.64. The number of rotatable bonds is 8. The van der Waals surface area contributed by atoms with E-state index in [9.17, 15) is 4.79 Å². The van der Waals surface area contributed by atoms with Crippen LogP contribution < -0.4 is 10.5 Å². The van der Waals surface area contributed by atoms with E-state index in [1.807, 2.05) is 52.1 Å². The number of benzene rings is 1. The van der Waals surface area contributed by atoms with Crippen molar-refractivity contribution in [3.63, 3.8) is 0 Å². The number of nitrogens with two attached hydrogens (primary N) is 1. The molecule has 1 aromatic rings. The maximum Gasteiger partial charge on any atom is 0.229 e. The molecule has 0 radical (unpaired) electrons. The van der Waals surface area contributed by atoms with Crippen molar-refractivity contribution in [1.29, 1.82) is 0 Å². The molecule has 0 aromatic heterocycles. The third-order valence-electron chi connectivity index (χ3n) is 4.23. The van der Waals surface area contributed by atoms with Crippen LogP contribution in [0.15, 0.2) is 24.3 Å². The van der Waals surface area contributed by atoms with Crippen LogP contribution in [0.5, 0.6) is 5.75 Å². The summed E-state index contributed by atoms with van der Waals surface area (Å²) in [5.74, 6) is 0.953. The van der Waals surface area contributed by atoms with E-state index >= 15 is 0 Å². The predicted molar refractivity (Wildman–Crippen MR) is 93.6 cm³/mol. The molecule has 0 heterocycles. The van der Waals surface area contributed by atoms with Gasteiger partial charge in [-0.3, -0.25) is 4.79 Å². The summed E-state index contributed by atoms with van der Waals surface area (Å²) >= 11 is 0. The van der Waals surface area contributed by atoms with Gasteiger partial charge in [0.05, 0.1) is 12.0 Å².